The highest BCUT2D eigenvalue weighted by molar-refractivity contribution is 7.84. The fourth-order valence-corrected chi connectivity index (χ4v) is 1.78. The predicted molar refractivity (Wildman–Crippen MR) is 63.2 cm³/mol. The molecule has 88 valence electrons. The topological polar surface area (TPSA) is 79.3 Å². The molecule has 0 spiro atoms. The average Bonchev–Trinajstić information content (AvgIpc) is 2.29. The third kappa shape index (κ3) is 3.62. The molecule has 16 heavy (non-hydrogen) atoms. The van der Waals surface area contributed by atoms with Crippen molar-refractivity contribution in [2.45, 2.75) is 6.92 Å². The van der Waals surface area contributed by atoms with Gasteiger partial charge in [0, 0.05) is 35.0 Å². The molecule has 0 bridgehead atoms. The first-order valence-electron chi connectivity index (χ1n) is 4.92. The Morgan fingerprint density at radius 1 is 1.62 bits per heavy atom. The summed E-state index contributed by atoms with van der Waals surface area (Å²) in [6.07, 6.45) is 1.43. The Kier molecular flexibility index (Phi) is 4.91. The van der Waals surface area contributed by atoms with E-state index < -0.39 is 16.8 Å². The van der Waals surface area contributed by atoms with Gasteiger partial charge in [0.1, 0.15) is 0 Å². The Morgan fingerprint density at radius 2 is 2.38 bits per heavy atom. The summed E-state index contributed by atoms with van der Waals surface area (Å²) in [5, 5.41) is 11.8. The number of pyridine rings is 1. The zero-order valence-electron chi connectivity index (χ0n) is 8.97. The fraction of sp³-hybridized carbons (Fsp3) is 0.400. The number of carboxylic acid groups (broad SMARTS) is 1. The normalized spacial score (nSPS) is 12.1. The summed E-state index contributed by atoms with van der Waals surface area (Å²) in [7, 11) is -0.848. The number of nitrogens with zero attached hydrogens (tertiary/aromatic N) is 1. The van der Waals surface area contributed by atoms with Crippen LogP contribution >= 0.6 is 0 Å². The molecule has 2 N–H and O–H groups in total. The Balaban J connectivity index is 2.60. The van der Waals surface area contributed by atoms with E-state index in [9.17, 15) is 9.00 Å². The van der Waals surface area contributed by atoms with E-state index >= 15 is 0 Å². The van der Waals surface area contributed by atoms with Crippen LogP contribution in [0, 0.1) is 0 Å². The standard InChI is InChI=1S/C10H14N2O3S/c1-2-16(15)7-6-11-8-4-3-5-12-9(8)10(13)14/h3-5,11H,2,6-7H2,1H3,(H,13,14). The van der Waals surface area contributed by atoms with E-state index in [2.05, 4.69) is 10.3 Å². The molecule has 0 aliphatic heterocycles. The van der Waals surface area contributed by atoms with Crippen molar-refractivity contribution in [3.63, 3.8) is 0 Å². The first-order valence-corrected chi connectivity index (χ1v) is 6.41. The number of hydrogen-bond donors (Lipinski definition) is 2. The quantitative estimate of drug-likeness (QED) is 0.776. The van der Waals surface area contributed by atoms with Gasteiger partial charge in [-0.2, -0.15) is 0 Å². The van der Waals surface area contributed by atoms with Gasteiger partial charge in [0.05, 0.1) is 5.69 Å². The highest BCUT2D eigenvalue weighted by Gasteiger charge is 2.10. The SMILES string of the molecule is CCS(=O)CCNc1cccnc1C(=O)O. The molecule has 0 fully saturated rings. The number of carboxylic acids is 1. The lowest BCUT2D eigenvalue weighted by atomic mass is 10.3. The molecule has 0 aromatic carbocycles. The molecule has 0 aliphatic rings. The summed E-state index contributed by atoms with van der Waals surface area (Å²) >= 11 is 0. The van der Waals surface area contributed by atoms with Crippen LogP contribution in [0.15, 0.2) is 18.3 Å². The third-order valence-corrected chi connectivity index (χ3v) is 3.28. The van der Waals surface area contributed by atoms with E-state index in [0.717, 1.165) is 0 Å². The van der Waals surface area contributed by atoms with Crippen molar-refractivity contribution in [1.29, 1.82) is 0 Å². The van der Waals surface area contributed by atoms with Crippen molar-refractivity contribution < 1.29 is 14.1 Å². The van der Waals surface area contributed by atoms with Crippen LogP contribution in [0.4, 0.5) is 5.69 Å². The summed E-state index contributed by atoms with van der Waals surface area (Å²) in [5.74, 6) is 0.0463. The van der Waals surface area contributed by atoms with E-state index in [1.54, 1.807) is 12.1 Å². The largest absolute Gasteiger partial charge is 0.476 e. The highest BCUT2D eigenvalue weighted by atomic mass is 32.2. The summed E-state index contributed by atoms with van der Waals surface area (Å²) < 4.78 is 11.2. The Hall–Kier alpha value is -1.43. The first-order chi connectivity index (χ1) is 7.65. The molecule has 0 aliphatic carbocycles. The second-order valence-electron chi connectivity index (χ2n) is 3.06. The van der Waals surface area contributed by atoms with Crippen LogP contribution in [0.2, 0.25) is 0 Å². The minimum atomic E-state index is -1.07. The van der Waals surface area contributed by atoms with Gasteiger partial charge < -0.3 is 10.4 Å². The van der Waals surface area contributed by atoms with Crippen molar-refractivity contribution in [1.82, 2.24) is 4.98 Å². The van der Waals surface area contributed by atoms with Gasteiger partial charge in [-0.15, -0.1) is 0 Å². The number of aromatic nitrogens is 1. The van der Waals surface area contributed by atoms with Gasteiger partial charge in [-0.05, 0) is 12.1 Å². The predicted octanol–water partition coefficient (Wildman–Crippen LogP) is 0.960. The van der Waals surface area contributed by atoms with Crippen molar-refractivity contribution in [2.75, 3.05) is 23.4 Å². The maximum atomic E-state index is 11.2. The number of rotatable bonds is 6. The van der Waals surface area contributed by atoms with E-state index in [1.165, 1.54) is 6.20 Å². The van der Waals surface area contributed by atoms with Crippen LogP contribution in [0.5, 0.6) is 0 Å². The lowest BCUT2D eigenvalue weighted by molar-refractivity contribution is 0.0691. The van der Waals surface area contributed by atoms with E-state index in [0.29, 0.717) is 23.7 Å². The van der Waals surface area contributed by atoms with Gasteiger partial charge in [0.15, 0.2) is 5.69 Å². The molecular formula is C10H14N2O3S. The third-order valence-electron chi connectivity index (χ3n) is 1.98. The van der Waals surface area contributed by atoms with Crippen molar-refractivity contribution in [3.05, 3.63) is 24.0 Å². The van der Waals surface area contributed by atoms with Crippen LogP contribution in [0.1, 0.15) is 17.4 Å². The van der Waals surface area contributed by atoms with Gasteiger partial charge >= 0.3 is 5.97 Å². The van der Waals surface area contributed by atoms with Crippen molar-refractivity contribution in [2.24, 2.45) is 0 Å². The second kappa shape index (κ2) is 6.22. The first kappa shape index (κ1) is 12.6. The maximum absolute atomic E-state index is 11.2. The minimum Gasteiger partial charge on any atom is -0.476 e. The molecule has 0 radical (unpaired) electrons. The molecule has 1 rings (SSSR count). The van der Waals surface area contributed by atoms with Crippen LogP contribution in [-0.2, 0) is 10.8 Å². The van der Waals surface area contributed by atoms with Crippen LogP contribution in [0.3, 0.4) is 0 Å². The Bertz CT molecular complexity index is 395. The van der Waals surface area contributed by atoms with Gasteiger partial charge in [-0.3, -0.25) is 4.21 Å². The molecule has 1 heterocycles. The van der Waals surface area contributed by atoms with E-state index in [-0.39, 0.29) is 5.69 Å². The Labute approximate surface area is 96.4 Å². The highest BCUT2D eigenvalue weighted by Crippen LogP contribution is 2.11. The van der Waals surface area contributed by atoms with Gasteiger partial charge in [-0.25, -0.2) is 9.78 Å². The minimum absolute atomic E-state index is 0.00946. The van der Waals surface area contributed by atoms with E-state index in [1.807, 2.05) is 6.92 Å². The molecule has 6 heteroatoms. The number of carbonyl (C=O) groups is 1. The lowest BCUT2D eigenvalue weighted by Crippen LogP contribution is -2.14. The molecule has 0 saturated heterocycles. The fourth-order valence-electron chi connectivity index (χ4n) is 1.16. The van der Waals surface area contributed by atoms with Gasteiger partial charge in [0.2, 0.25) is 0 Å². The van der Waals surface area contributed by atoms with Gasteiger partial charge in [0.25, 0.3) is 0 Å². The molecule has 1 aromatic rings. The zero-order valence-corrected chi connectivity index (χ0v) is 9.79. The summed E-state index contributed by atoms with van der Waals surface area (Å²) in [4.78, 5) is 14.6. The zero-order chi connectivity index (χ0) is 12.0. The average molecular weight is 242 g/mol. The maximum Gasteiger partial charge on any atom is 0.356 e. The molecule has 1 unspecified atom stereocenters. The molecule has 1 atom stereocenters. The molecule has 0 saturated carbocycles. The monoisotopic (exact) mass is 242 g/mol. The second-order valence-corrected chi connectivity index (χ2v) is 4.93. The number of aromatic carboxylic acids is 1. The summed E-state index contributed by atoms with van der Waals surface area (Å²) in [6.45, 7) is 2.33. The van der Waals surface area contributed by atoms with Crippen LogP contribution in [-0.4, -0.2) is 38.3 Å². The van der Waals surface area contributed by atoms with Crippen LogP contribution < -0.4 is 5.32 Å². The number of hydrogen-bond acceptors (Lipinski definition) is 4. The van der Waals surface area contributed by atoms with Crippen LogP contribution in [0.25, 0.3) is 0 Å². The lowest BCUT2D eigenvalue weighted by Gasteiger charge is -2.07. The number of nitrogens with one attached hydrogen (secondary N) is 1. The number of anilines is 1. The summed E-state index contributed by atoms with van der Waals surface area (Å²) in [5.41, 5.74) is 0.452. The summed E-state index contributed by atoms with van der Waals surface area (Å²) in [6, 6.07) is 3.30. The molecule has 1 aromatic heterocycles. The molecular weight excluding hydrogens is 228 g/mol. The van der Waals surface area contributed by atoms with Gasteiger partial charge in [-0.1, -0.05) is 6.92 Å². The van der Waals surface area contributed by atoms with E-state index in [4.69, 9.17) is 5.11 Å². The van der Waals surface area contributed by atoms with Crippen molar-refractivity contribution in [3.8, 4) is 0 Å². The molecule has 5 nitrogen and oxygen atoms in total. The Morgan fingerprint density at radius 3 is 3.00 bits per heavy atom. The molecule has 0 amide bonds. The smallest absolute Gasteiger partial charge is 0.356 e. The van der Waals surface area contributed by atoms with Crippen molar-refractivity contribution >= 4 is 22.5 Å².